The Hall–Kier alpha value is -3.03. The fourth-order valence-corrected chi connectivity index (χ4v) is 3.83. The van der Waals surface area contributed by atoms with E-state index >= 15 is 0 Å². The van der Waals surface area contributed by atoms with Gasteiger partial charge in [0.15, 0.2) is 0 Å². The molecule has 0 atom stereocenters. The van der Waals surface area contributed by atoms with E-state index in [0.29, 0.717) is 12.1 Å². The molecule has 0 spiro atoms. The van der Waals surface area contributed by atoms with Crippen LogP contribution in [0.15, 0.2) is 83.9 Å². The smallest absolute Gasteiger partial charge is 0.251 e. The molecule has 7 heteroatoms. The van der Waals surface area contributed by atoms with Crippen molar-refractivity contribution in [3.8, 4) is 0 Å². The van der Waals surface area contributed by atoms with Crippen LogP contribution >= 0.6 is 0 Å². The highest BCUT2D eigenvalue weighted by molar-refractivity contribution is 7.89. The van der Waals surface area contributed by atoms with E-state index in [4.69, 9.17) is 0 Å². The van der Waals surface area contributed by atoms with Crippen molar-refractivity contribution in [1.82, 2.24) is 14.6 Å². The van der Waals surface area contributed by atoms with Gasteiger partial charge in [-0.1, -0.05) is 36.4 Å². The minimum absolute atomic E-state index is 0.206. The first kappa shape index (κ1) is 19.7. The van der Waals surface area contributed by atoms with Crippen molar-refractivity contribution in [2.24, 2.45) is 0 Å². The lowest BCUT2D eigenvalue weighted by Gasteiger charge is -2.17. The Kier molecular flexibility index (Phi) is 6.18. The van der Waals surface area contributed by atoms with E-state index in [9.17, 15) is 13.2 Å². The Morgan fingerprint density at radius 2 is 1.64 bits per heavy atom. The molecule has 0 saturated carbocycles. The molecule has 0 aliphatic rings. The first-order chi connectivity index (χ1) is 13.5. The normalized spacial score (nSPS) is 11.4. The van der Waals surface area contributed by atoms with Crippen molar-refractivity contribution < 1.29 is 13.2 Å². The summed E-state index contributed by atoms with van der Waals surface area (Å²) < 4.78 is 26.5. The lowest BCUT2D eigenvalue weighted by atomic mass is 10.1. The molecular formula is C21H21N3O3S. The van der Waals surface area contributed by atoms with E-state index in [1.54, 1.807) is 60.8 Å². The number of rotatable bonds is 7. The molecule has 0 aliphatic carbocycles. The molecule has 1 N–H and O–H groups in total. The molecule has 144 valence electrons. The molecule has 28 heavy (non-hydrogen) atoms. The maximum absolute atomic E-state index is 12.6. The zero-order valence-electron chi connectivity index (χ0n) is 15.4. The maximum Gasteiger partial charge on any atom is 0.251 e. The first-order valence-corrected chi connectivity index (χ1v) is 10.2. The van der Waals surface area contributed by atoms with Crippen molar-refractivity contribution in [3.63, 3.8) is 0 Å². The lowest BCUT2D eigenvalue weighted by Crippen LogP contribution is -2.26. The van der Waals surface area contributed by atoms with Gasteiger partial charge in [-0.05, 0) is 42.0 Å². The maximum atomic E-state index is 12.6. The number of amides is 1. The van der Waals surface area contributed by atoms with Gasteiger partial charge < -0.3 is 5.32 Å². The van der Waals surface area contributed by atoms with Crippen LogP contribution in [-0.2, 0) is 23.1 Å². The standard InChI is InChI=1S/C21H21N3O3S/c1-24(28(26,27)20-8-3-2-4-9-20)16-17-10-12-18(13-11-17)21(25)23-15-19-7-5-6-14-22-19/h2-14H,15-16H2,1H3,(H,23,25). The number of carbonyl (C=O) groups is 1. The van der Waals surface area contributed by atoms with Gasteiger partial charge in [0.05, 0.1) is 17.1 Å². The number of carbonyl (C=O) groups excluding carboxylic acids is 1. The van der Waals surface area contributed by atoms with Gasteiger partial charge in [0.25, 0.3) is 5.91 Å². The molecule has 2 aromatic carbocycles. The number of sulfonamides is 1. The molecule has 1 heterocycles. The summed E-state index contributed by atoms with van der Waals surface area (Å²) in [5.41, 5.74) is 2.08. The minimum atomic E-state index is -3.56. The van der Waals surface area contributed by atoms with Crippen LogP contribution in [0, 0.1) is 0 Å². The summed E-state index contributed by atoms with van der Waals surface area (Å²) in [4.78, 5) is 16.7. The zero-order chi connectivity index (χ0) is 20.0. The van der Waals surface area contributed by atoms with Crippen LogP contribution in [0.5, 0.6) is 0 Å². The van der Waals surface area contributed by atoms with Gasteiger partial charge in [0.2, 0.25) is 10.0 Å². The molecule has 1 amide bonds. The van der Waals surface area contributed by atoms with E-state index < -0.39 is 10.0 Å². The first-order valence-electron chi connectivity index (χ1n) is 8.75. The van der Waals surface area contributed by atoms with E-state index in [-0.39, 0.29) is 17.3 Å². The third-order valence-electron chi connectivity index (χ3n) is 4.23. The van der Waals surface area contributed by atoms with Crippen molar-refractivity contribution in [2.75, 3.05) is 7.05 Å². The van der Waals surface area contributed by atoms with Crippen molar-refractivity contribution in [2.45, 2.75) is 18.0 Å². The van der Waals surface area contributed by atoms with Crippen LogP contribution in [0.1, 0.15) is 21.6 Å². The Morgan fingerprint density at radius 1 is 0.964 bits per heavy atom. The highest BCUT2D eigenvalue weighted by atomic mass is 32.2. The molecule has 0 saturated heterocycles. The number of nitrogens with one attached hydrogen (secondary N) is 1. The summed E-state index contributed by atoms with van der Waals surface area (Å²) in [5, 5.41) is 2.81. The molecule has 0 bridgehead atoms. The van der Waals surface area contributed by atoms with E-state index in [0.717, 1.165) is 11.3 Å². The second-order valence-corrected chi connectivity index (χ2v) is 8.32. The summed E-state index contributed by atoms with van der Waals surface area (Å²) in [6, 6.07) is 20.7. The zero-order valence-corrected chi connectivity index (χ0v) is 16.3. The highest BCUT2D eigenvalue weighted by Crippen LogP contribution is 2.16. The molecule has 0 unspecified atom stereocenters. The summed E-state index contributed by atoms with van der Waals surface area (Å²) in [6.07, 6.45) is 1.68. The second-order valence-electron chi connectivity index (χ2n) is 6.27. The van der Waals surface area contributed by atoms with Gasteiger partial charge in [0.1, 0.15) is 0 Å². The average molecular weight is 395 g/mol. The van der Waals surface area contributed by atoms with E-state index in [2.05, 4.69) is 10.3 Å². The average Bonchev–Trinajstić information content (AvgIpc) is 2.74. The highest BCUT2D eigenvalue weighted by Gasteiger charge is 2.20. The van der Waals surface area contributed by atoms with Crippen LogP contribution in [0.25, 0.3) is 0 Å². The quantitative estimate of drug-likeness (QED) is 0.667. The van der Waals surface area contributed by atoms with E-state index in [1.165, 1.54) is 11.4 Å². The van der Waals surface area contributed by atoms with Gasteiger partial charge in [-0.2, -0.15) is 4.31 Å². The third kappa shape index (κ3) is 4.82. The van der Waals surface area contributed by atoms with Crippen molar-refractivity contribution >= 4 is 15.9 Å². The monoisotopic (exact) mass is 395 g/mol. The molecule has 6 nitrogen and oxygen atoms in total. The summed E-state index contributed by atoms with van der Waals surface area (Å²) in [7, 11) is -2.02. The molecule has 3 rings (SSSR count). The van der Waals surface area contributed by atoms with Gasteiger partial charge >= 0.3 is 0 Å². The second kappa shape index (κ2) is 8.77. The predicted octanol–water partition coefficient (Wildman–Crippen LogP) is 2.83. The molecule has 3 aromatic rings. The van der Waals surface area contributed by atoms with Crippen LogP contribution in [-0.4, -0.2) is 30.7 Å². The van der Waals surface area contributed by atoms with E-state index in [1.807, 2.05) is 18.2 Å². The number of benzene rings is 2. The summed E-state index contributed by atoms with van der Waals surface area (Å²) >= 11 is 0. The number of nitrogens with zero attached hydrogens (tertiary/aromatic N) is 2. The van der Waals surface area contributed by atoms with Gasteiger partial charge in [-0.15, -0.1) is 0 Å². The Labute approximate surface area is 164 Å². The fourth-order valence-electron chi connectivity index (χ4n) is 2.65. The van der Waals surface area contributed by atoms with Crippen LogP contribution in [0.2, 0.25) is 0 Å². The van der Waals surface area contributed by atoms with Crippen molar-refractivity contribution in [1.29, 1.82) is 0 Å². The number of hydrogen-bond donors (Lipinski definition) is 1. The topological polar surface area (TPSA) is 79.4 Å². The minimum Gasteiger partial charge on any atom is -0.346 e. The van der Waals surface area contributed by atoms with Crippen molar-refractivity contribution in [3.05, 3.63) is 95.8 Å². The Balaban J connectivity index is 1.61. The fraction of sp³-hybridized carbons (Fsp3) is 0.143. The molecule has 0 fully saturated rings. The summed E-state index contributed by atoms with van der Waals surface area (Å²) in [6.45, 7) is 0.562. The van der Waals surface area contributed by atoms with Crippen LogP contribution < -0.4 is 5.32 Å². The number of hydrogen-bond acceptors (Lipinski definition) is 4. The Morgan fingerprint density at radius 3 is 2.29 bits per heavy atom. The van der Waals surface area contributed by atoms with Gasteiger partial charge in [-0.3, -0.25) is 9.78 Å². The van der Waals surface area contributed by atoms with Gasteiger partial charge in [-0.25, -0.2) is 8.42 Å². The number of aromatic nitrogens is 1. The molecule has 0 aliphatic heterocycles. The SMILES string of the molecule is CN(Cc1ccc(C(=O)NCc2ccccn2)cc1)S(=O)(=O)c1ccccc1. The Bertz CT molecular complexity index is 1020. The summed E-state index contributed by atoms with van der Waals surface area (Å²) in [5.74, 6) is -0.206. The van der Waals surface area contributed by atoms with Crippen LogP contribution in [0.3, 0.4) is 0 Å². The van der Waals surface area contributed by atoms with Crippen LogP contribution in [0.4, 0.5) is 0 Å². The molecule has 1 aromatic heterocycles. The van der Waals surface area contributed by atoms with Gasteiger partial charge in [0, 0.05) is 25.4 Å². The largest absolute Gasteiger partial charge is 0.346 e. The molecular weight excluding hydrogens is 374 g/mol. The number of pyridine rings is 1. The lowest BCUT2D eigenvalue weighted by molar-refractivity contribution is 0.0950. The third-order valence-corrected chi connectivity index (χ3v) is 6.05. The predicted molar refractivity (Wildman–Crippen MR) is 107 cm³/mol. The molecule has 0 radical (unpaired) electrons.